The van der Waals surface area contributed by atoms with Gasteiger partial charge in [-0.1, -0.05) is 0 Å². The van der Waals surface area contributed by atoms with Gasteiger partial charge in [-0.3, -0.25) is 0 Å². The summed E-state index contributed by atoms with van der Waals surface area (Å²) >= 11 is 3.19. The molecule has 0 aliphatic rings. The lowest BCUT2D eigenvalue weighted by Gasteiger charge is -2.12. The molecular weight excluding hydrogens is 324 g/mol. The molecule has 0 saturated carbocycles. The third-order valence-electron chi connectivity index (χ3n) is 2.16. The van der Waals surface area contributed by atoms with E-state index < -0.39 is 10.0 Å². The molecule has 0 aliphatic carbocycles. The van der Waals surface area contributed by atoms with Gasteiger partial charge in [0.1, 0.15) is 4.90 Å². The summed E-state index contributed by atoms with van der Waals surface area (Å²) in [7, 11) is -0.706. The Labute approximate surface area is 115 Å². The minimum atomic E-state index is -3.62. The van der Waals surface area contributed by atoms with Crippen molar-refractivity contribution in [3.8, 4) is 11.5 Å². The van der Waals surface area contributed by atoms with Gasteiger partial charge >= 0.3 is 0 Å². The van der Waals surface area contributed by atoms with Crippen LogP contribution in [0.3, 0.4) is 0 Å². The predicted octanol–water partition coefficient (Wildman–Crippen LogP) is 0.703. The molecule has 102 valence electrons. The van der Waals surface area contributed by atoms with Gasteiger partial charge in [0, 0.05) is 23.6 Å². The third-order valence-corrected chi connectivity index (χ3v) is 4.58. The number of sulfonamides is 1. The van der Waals surface area contributed by atoms with Crippen molar-refractivity contribution in [1.29, 1.82) is 0 Å². The van der Waals surface area contributed by atoms with Gasteiger partial charge in [-0.25, -0.2) is 13.1 Å². The molecule has 0 atom stereocenters. The van der Waals surface area contributed by atoms with Crippen molar-refractivity contribution < 1.29 is 17.9 Å². The van der Waals surface area contributed by atoms with Crippen molar-refractivity contribution in [2.75, 3.05) is 27.3 Å². The smallest absolute Gasteiger partial charge is 0.241 e. The zero-order valence-corrected chi connectivity index (χ0v) is 12.5. The number of benzene rings is 1. The summed E-state index contributed by atoms with van der Waals surface area (Å²) in [6, 6.07) is 2.93. The van der Waals surface area contributed by atoms with Gasteiger partial charge in [-0.15, -0.1) is 0 Å². The number of hydrogen-bond acceptors (Lipinski definition) is 5. The number of methoxy groups -OCH3 is 2. The lowest BCUT2D eigenvalue weighted by Crippen LogP contribution is -2.29. The van der Waals surface area contributed by atoms with E-state index in [1.54, 1.807) is 0 Å². The van der Waals surface area contributed by atoms with Crippen LogP contribution in [-0.2, 0) is 10.0 Å². The van der Waals surface area contributed by atoms with Crippen LogP contribution in [0.1, 0.15) is 0 Å². The second-order valence-corrected chi connectivity index (χ2v) is 5.91. The molecule has 0 amide bonds. The average molecular weight is 339 g/mol. The van der Waals surface area contributed by atoms with Crippen LogP contribution in [0.15, 0.2) is 21.5 Å². The highest BCUT2D eigenvalue weighted by Crippen LogP contribution is 2.35. The van der Waals surface area contributed by atoms with Crippen LogP contribution < -0.4 is 19.9 Å². The van der Waals surface area contributed by atoms with Gasteiger partial charge in [0.2, 0.25) is 10.0 Å². The molecule has 0 fully saturated rings. The summed E-state index contributed by atoms with van der Waals surface area (Å²) in [6.07, 6.45) is 0. The van der Waals surface area contributed by atoms with Crippen LogP contribution in [0.5, 0.6) is 11.5 Å². The fraction of sp³-hybridized carbons (Fsp3) is 0.400. The summed E-state index contributed by atoms with van der Waals surface area (Å²) in [4.78, 5) is 0.0774. The number of nitrogens with two attached hydrogens (primary N) is 1. The Balaban J connectivity index is 3.25. The third kappa shape index (κ3) is 3.35. The average Bonchev–Trinajstić information content (AvgIpc) is 2.35. The first-order valence-electron chi connectivity index (χ1n) is 5.07. The molecule has 0 spiro atoms. The van der Waals surface area contributed by atoms with Gasteiger partial charge in [0.15, 0.2) is 11.5 Å². The van der Waals surface area contributed by atoms with Crippen LogP contribution in [0, 0.1) is 0 Å². The lowest BCUT2D eigenvalue weighted by atomic mass is 10.3. The predicted molar refractivity (Wildman–Crippen MR) is 71.5 cm³/mol. The van der Waals surface area contributed by atoms with Crippen molar-refractivity contribution >= 4 is 26.0 Å². The molecule has 0 bridgehead atoms. The second-order valence-electron chi connectivity index (χ2n) is 3.32. The topological polar surface area (TPSA) is 90.7 Å². The Morgan fingerprint density at radius 3 is 2.33 bits per heavy atom. The van der Waals surface area contributed by atoms with E-state index in [-0.39, 0.29) is 18.0 Å². The largest absolute Gasteiger partial charge is 0.493 e. The van der Waals surface area contributed by atoms with Crippen LogP contribution in [0.4, 0.5) is 0 Å². The highest BCUT2D eigenvalue weighted by Gasteiger charge is 2.20. The highest BCUT2D eigenvalue weighted by atomic mass is 79.9. The van der Waals surface area contributed by atoms with Crippen LogP contribution in [0.25, 0.3) is 0 Å². The van der Waals surface area contributed by atoms with Crippen molar-refractivity contribution in [3.63, 3.8) is 0 Å². The molecule has 0 saturated heterocycles. The second kappa shape index (κ2) is 6.37. The molecule has 1 rings (SSSR count). The zero-order chi connectivity index (χ0) is 13.8. The summed E-state index contributed by atoms with van der Waals surface area (Å²) in [5, 5.41) is 0. The fourth-order valence-electron chi connectivity index (χ4n) is 1.31. The normalized spacial score (nSPS) is 11.3. The van der Waals surface area contributed by atoms with E-state index in [1.807, 2.05) is 0 Å². The molecule has 6 nitrogen and oxygen atoms in total. The summed E-state index contributed by atoms with van der Waals surface area (Å²) < 4.78 is 36.9. The Kier molecular flexibility index (Phi) is 5.39. The molecule has 3 N–H and O–H groups in total. The molecule has 0 heterocycles. The number of halogens is 1. The SMILES string of the molecule is COc1cc(Br)c(S(=O)(=O)NCCN)cc1OC. The first-order chi connectivity index (χ1) is 8.46. The molecule has 0 radical (unpaired) electrons. The van der Waals surface area contributed by atoms with Gasteiger partial charge in [0.25, 0.3) is 0 Å². The van der Waals surface area contributed by atoms with E-state index >= 15 is 0 Å². The minimum absolute atomic E-state index is 0.0774. The van der Waals surface area contributed by atoms with Crippen molar-refractivity contribution in [3.05, 3.63) is 16.6 Å². The Bertz CT molecular complexity index is 519. The zero-order valence-electron chi connectivity index (χ0n) is 10.1. The molecule has 0 aliphatic heterocycles. The van der Waals surface area contributed by atoms with Crippen molar-refractivity contribution in [1.82, 2.24) is 4.72 Å². The van der Waals surface area contributed by atoms with Gasteiger partial charge in [-0.05, 0) is 22.0 Å². The van der Waals surface area contributed by atoms with E-state index in [0.29, 0.717) is 16.0 Å². The maximum Gasteiger partial charge on any atom is 0.241 e. The van der Waals surface area contributed by atoms with Crippen LogP contribution >= 0.6 is 15.9 Å². The van der Waals surface area contributed by atoms with E-state index in [4.69, 9.17) is 15.2 Å². The van der Waals surface area contributed by atoms with Gasteiger partial charge in [-0.2, -0.15) is 0 Å². The van der Waals surface area contributed by atoms with Gasteiger partial charge in [0.05, 0.1) is 14.2 Å². The summed E-state index contributed by atoms with van der Waals surface area (Å²) in [6.45, 7) is 0.396. The van der Waals surface area contributed by atoms with E-state index in [0.717, 1.165) is 0 Å². The van der Waals surface area contributed by atoms with E-state index in [1.165, 1.54) is 26.4 Å². The molecule has 0 aromatic heterocycles. The standard InChI is InChI=1S/C10H15BrN2O4S/c1-16-8-5-7(11)10(6-9(8)17-2)18(14,15)13-4-3-12/h5-6,13H,3-4,12H2,1-2H3. The molecule has 8 heteroatoms. The molecule has 1 aromatic rings. The molecule has 18 heavy (non-hydrogen) atoms. The summed E-state index contributed by atoms with van der Waals surface area (Å²) in [5.74, 6) is 0.788. The Morgan fingerprint density at radius 2 is 1.83 bits per heavy atom. The lowest BCUT2D eigenvalue weighted by molar-refractivity contribution is 0.353. The van der Waals surface area contributed by atoms with Crippen molar-refractivity contribution in [2.24, 2.45) is 5.73 Å². The number of nitrogens with one attached hydrogen (secondary N) is 1. The number of hydrogen-bond donors (Lipinski definition) is 2. The quantitative estimate of drug-likeness (QED) is 0.796. The number of ether oxygens (including phenoxy) is 2. The van der Waals surface area contributed by atoms with E-state index in [2.05, 4.69) is 20.7 Å². The maximum absolute atomic E-state index is 12.0. The highest BCUT2D eigenvalue weighted by molar-refractivity contribution is 9.10. The van der Waals surface area contributed by atoms with Crippen LogP contribution in [-0.4, -0.2) is 35.7 Å². The monoisotopic (exact) mass is 338 g/mol. The first kappa shape index (κ1) is 15.2. The number of rotatable bonds is 6. The maximum atomic E-state index is 12.0. The van der Waals surface area contributed by atoms with E-state index in [9.17, 15) is 8.42 Å². The minimum Gasteiger partial charge on any atom is -0.493 e. The molecule has 0 unspecified atom stereocenters. The molecule has 1 aromatic carbocycles. The summed E-state index contributed by atoms with van der Waals surface area (Å²) in [5.41, 5.74) is 5.27. The van der Waals surface area contributed by atoms with Crippen LogP contribution in [0.2, 0.25) is 0 Å². The molecular formula is C10H15BrN2O4S. The first-order valence-corrected chi connectivity index (χ1v) is 7.35. The van der Waals surface area contributed by atoms with Crippen molar-refractivity contribution in [2.45, 2.75) is 4.90 Å². The Hall–Kier alpha value is -0.830. The van der Waals surface area contributed by atoms with Gasteiger partial charge < -0.3 is 15.2 Å². The Morgan fingerprint density at radius 1 is 1.28 bits per heavy atom. The fourth-order valence-corrected chi connectivity index (χ4v) is 3.39.